The van der Waals surface area contributed by atoms with Gasteiger partial charge in [-0.1, -0.05) is 54.6 Å². The molecule has 2 aromatic carbocycles. The molecule has 3 aromatic rings. The molecule has 1 aromatic heterocycles. The Hall–Kier alpha value is -3.47. The average Bonchev–Trinajstić information content (AvgIpc) is 2.97. The average molecular weight is 427 g/mol. The molecule has 5 heteroatoms. The molecule has 0 radical (unpaired) electrons. The number of amides is 1. The highest BCUT2D eigenvalue weighted by Gasteiger charge is 2.40. The van der Waals surface area contributed by atoms with Gasteiger partial charge in [-0.05, 0) is 55.7 Å². The van der Waals surface area contributed by atoms with Crippen LogP contribution in [-0.2, 0) is 12.0 Å². The molecule has 1 amide bonds. The number of hydrogen-bond donors (Lipinski definition) is 2. The quantitative estimate of drug-likeness (QED) is 0.504. The van der Waals surface area contributed by atoms with Crippen LogP contribution in [0.25, 0.3) is 22.4 Å². The van der Waals surface area contributed by atoms with E-state index in [1.807, 2.05) is 60.7 Å². The van der Waals surface area contributed by atoms with Crippen LogP contribution in [0.4, 0.5) is 4.79 Å². The fraction of sp³-hybridized carbons (Fsp3) is 0.296. The zero-order valence-electron chi connectivity index (χ0n) is 17.9. The first-order valence-electron chi connectivity index (χ1n) is 11.3. The molecular weight excluding hydrogens is 400 g/mol. The lowest BCUT2D eigenvalue weighted by Gasteiger charge is -2.42. The van der Waals surface area contributed by atoms with Gasteiger partial charge in [0.15, 0.2) is 5.78 Å². The molecule has 32 heavy (non-hydrogen) atoms. The standard InChI is InChI=1S/C27H26N2O3/c30-24-10-5-4-9-23-22(24)17-21(18-7-2-1-3-8-18)25(28-23)19-11-13-20(14-12-19)27(15-6-16-27)29-26(31)32/h1-3,7-8,11-14,17,29H,4-6,9-10,15-16H2,(H,31,32). The van der Waals surface area contributed by atoms with Crippen molar-refractivity contribution in [3.63, 3.8) is 0 Å². The van der Waals surface area contributed by atoms with E-state index in [4.69, 9.17) is 4.98 Å². The molecule has 0 saturated heterocycles. The minimum Gasteiger partial charge on any atom is -0.465 e. The lowest BCUT2D eigenvalue weighted by molar-refractivity contribution is 0.0981. The molecule has 5 rings (SSSR count). The summed E-state index contributed by atoms with van der Waals surface area (Å²) in [4.78, 5) is 29.1. The van der Waals surface area contributed by atoms with Crippen LogP contribution in [0, 0.1) is 0 Å². The van der Waals surface area contributed by atoms with Gasteiger partial charge in [-0.2, -0.15) is 0 Å². The second-order valence-corrected chi connectivity index (χ2v) is 8.82. The lowest BCUT2D eigenvalue weighted by atomic mass is 9.71. The summed E-state index contributed by atoms with van der Waals surface area (Å²) in [6, 6.07) is 20.2. The SMILES string of the molecule is O=C(O)NC1(c2ccc(-c3nc4c(cc3-c3ccccc3)C(=O)CCCC4)cc2)CCC1. The monoisotopic (exact) mass is 426 g/mol. The van der Waals surface area contributed by atoms with E-state index in [-0.39, 0.29) is 5.78 Å². The molecule has 1 fully saturated rings. The third kappa shape index (κ3) is 3.68. The fourth-order valence-corrected chi connectivity index (χ4v) is 4.92. The maximum atomic E-state index is 12.7. The Morgan fingerprint density at radius 3 is 2.25 bits per heavy atom. The number of rotatable bonds is 4. The number of ketones is 1. The highest BCUT2D eigenvalue weighted by Crippen LogP contribution is 2.42. The number of aromatic nitrogens is 1. The molecular formula is C27H26N2O3. The zero-order valence-corrected chi connectivity index (χ0v) is 17.9. The number of aryl methyl sites for hydroxylation is 1. The van der Waals surface area contributed by atoms with Gasteiger partial charge < -0.3 is 10.4 Å². The van der Waals surface area contributed by atoms with Crippen LogP contribution in [0.1, 0.15) is 60.1 Å². The van der Waals surface area contributed by atoms with Crippen molar-refractivity contribution in [2.24, 2.45) is 0 Å². The molecule has 0 atom stereocenters. The first-order valence-corrected chi connectivity index (χ1v) is 11.3. The van der Waals surface area contributed by atoms with Gasteiger partial charge in [-0.25, -0.2) is 4.79 Å². The van der Waals surface area contributed by atoms with Crippen molar-refractivity contribution in [1.29, 1.82) is 0 Å². The molecule has 162 valence electrons. The van der Waals surface area contributed by atoms with E-state index in [9.17, 15) is 14.7 Å². The normalized spacial score (nSPS) is 17.1. The first kappa shape index (κ1) is 20.4. The number of pyridine rings is 1. The molecule has 0 spiro atoms. The predicted octanol–water partition coefficient (Wildman–Crippen LogP) is 5.97. The van der Waals surface area contributed by atoms with E-state index in [0.29, 0.717) is 6.42 Å². The Morgan fingerprint density at radius 1 is 0.875 bits per heavy atom. The number of carboxylic acid groups (broad SMARTS) is 1. The van der Waals surface area contributed by atoms with Crippen LogP contribution in [0.2, 0.25) is 0 Å². The topological polar surface area (TPSA) is 79.3 Å². The van der Waals surface area contributed by atoms with Gasteiger partial charge in [0, 0.05) is 23.1 Å². The molecule has 2 aliphatic carbocycles. The fourth-order valence-electron chi connectivity index (χ4n) is 4.92. The van der Waals surface area contributed by atoms with Crippen LogP contribution < -0.4 is 5.32 Å². The highest BCUT2D eigenvalue weighted by atomic mass is 16.4. The summed E-state index contributed by atoms with van der Waals surface area (Å²) in [5.41, 5.74) is 5.95. The summed E-state index contributed by atoms with van der Waals surface area (Å²) in [7, 11) is 0. The predicted molar refractivity (Wildman–Crippen MR) is 124 cm³/mol. The van der Waals surface area contributed by atoms with E-state index in [2.05, 4.69) is 5.32 Å². The second kappa shape index (κ2) is 8.23. The number of fused-ring (bicyclic) bond motifs is 1. The third-order valence-electron chi connectivity index (χ3n) is 6.82. The van der Waals surface area contributed by atoms with E-state index < -0.39 is 11.6 Å². The van der Waals surface area contributed by atoms with E-state index in [1.165, 1.54) is 0 Å². The van der Waals surface area contributed by atoms with Crippen molar-refractivity contribution >= 4 is 11.9 Å². The van der Waals surface area contributed by atoms with Crippen LogP contribution in [0.3, 0.4) is 0 Å². The minimum absolute atomic E-state index is 0.177. The Labute approximate surface area is 187 Å². The second-order valence-electron chi connectivity index (χ2n) is 8.82. The molecule has 0 unspecified atom stereocenters. The number of nitrogens with zero attached hydrogens (tertiary/aromatic N) is 1. The van der Waals surface area contributed by atoms with Crippen LogP contribution >= 0.6 is 0 Å². The Bertz CT molecular complexity index is 1170. The summed E-state index contributed by atoms with van der Waals surface area (Å²) >= 11 is 0. The maximum absolute atomic E-state index is 12.7. The van der Waals surface area contributed by atoms with Gasteiger partial charge in [0.1, 0.15) is 0 Å². The van der Waals surface area contributed by atoms with E-state index in [0.717, 1.165) is 77.7 Å². The van der Waals surface area contributed by atoms with Crippen molar-refractivity contribution in [2.75, 3.05) is 0 Å². The molecule has 2 N–H and O–H groups in total. The molecule has 0 bridgehead atoms. The molecule has 5 nitrogen and oxygen atoms in total. The summed E-state index contributed by atoms with van der Waals surface area (Å²) < 4.78 is 0. The van der Waals surface area contributed by atoms with Crippen molar-refractivity contribution in [2.45, 2.75) is 50.5 Å². The zero-order chi connectivity index (χ0) is 22.1. The van der Waals surface area contributed by atoms with Gasteiger partial charge in [-0.15, -0.1) is 0 Å². The number of nitrogens with one attached hydrogen (secondary N) is 1. The van der Waals surface area contributed by atoms with Crippen LogP contribution in [-0.4, -0.2) is 22.0 Å². The van der Waals surface area contributed by atoms with E-state index >= 15 is 0 Å². The van der Waals surface area contributed by atoms with Crippen molar-refractivity contribution in [3.05, 3.63) is 77.5 Å². The minimum atomic E-state index is -0.989. The van der Waals surface area contributed by atoms with Crippen LogP contribution in [0.15, 0.2) is 60.7 Å². The summed E-state index contributed by atoms with van der Waals surface area (Å²) in [5.74, 6) is 0.177. The summed E-state index contributed by atoms with van der Waals surface area (Å²) in [5, 5.41) is 12.0. The van der Waals surface area contributed by atoms with Gasteiger partial charge in [0.25, 0.3) is 0 Å². The molecule has 1 heterocycles. The number of carbonyl (C=O) groups is 2. The number of hydrogen-bond acceptors (Lipinski definition) is 3. The smallest absolute Gasteiger partial charge is 0.405 e. The van der Waals surface area contributed by atoms with Crippen molar-refractivity contribution in [3.8, 4) is 22.4 Å². The van der Waals surface area contributed by atoms with Gasteiger partial charge in [0.2, 0.25) is 0 Å². The largest absolute Gasteiger partial charge is 0.465 e. The molecule has 0 aliphatic heterocycles. The van der Waals surface area contributed by atoms with Gasteiger partial charge in [-0.3, -0.25) is 9.78 Å². The highest BCUT2D eigenvalue weighted by molar-refractivity contribution is 5.99. The molecule has 2 aliphatic rings. The molecule has 1 saturated carbocycles. The Morgan fingerprint density at radius 2 is 1.59 bits per heavy atom. The first-order chi connectivity index (χ1) is 15.6. The Balaban J connectivity index is 1.60. The summed E-state index contributed by atoms with van der Waals surface area (Å²) in [6.07, 6.45) is 4.91. The van der Waals surface area contributed by atoms with Gasteiger partial charge >= 0.3 is 6.09 Å². The number of Topliss-reactive ketones (excluding diaryl/α,β-unsaturated/α-hetero) is 1. The van der Waals surface area contributed by atoms with Crippen molar-refractivity contribution in [1.82, 2.24) is 10.3 Å². The number of carbonyl (C=O) groups excluding carboxylic acids is 1. The van der Waals surface area contributed by atoms with E-state index in [1.54, 1.807) is 0 Å². The van der Waals surface area contributed by atoms with Gasteiger partial charge in [0.05, 0.1) is 16.9 Å². The summed E-state index contributed by atoms with van der Waals surface area (Å²) in [6.45, 7) is 0. The van der Waals surface area contributed by atoms with Crippen LogP contribution in [0.5, 0.6) is 0 Å². The Kier molecular flexibility index (Phi) is 5.25. The third-order valence-corrected chi connectivity index (χ3v) is 6.82. The lowest BCUT2D eigenvalue weighted by Crippen LogP contribution is -2.50. The van der Waals surface area contributed by atoms with Crippen molar-refractivity contribution < 1.29 is 14.7 Å². The maximum Gasteiger partial charge on any atom is 0.405 e. The number of benzene rings is 2.